The standard InChI is InChI=1S/C11H10S2/c1-2-4-9-6-7-11(13-9)10-5-3-8-12-10/h2-8H,1H3. The fraction of sp³-hybridized carbons (Fsp3) is 0.0909. The van der Waals surface area contributed by atoms with Crippen molar-refractivity contribution in [2.24, 2.45) is 0 Å². The van der Waals surface area contributed by atoms with Crippen LogP contribution in [0.1, 0.15) is 11.8 Å². The van der Waals surface area contributed by atoms with Crippen molar-refractivity contribution < 1.29 is 0 Å². The van der Waals surface area contributed by atoms with Crippen LogP contribution in [0, 0.1) is 0 Å². The van der Waals surface area contributed by atoms with Crippen molar-refractivity contribution in [2.45, 2.75) is 6.92 Å². The molecule has 0 atom stereocenters. The van der Waals surface area contributed by atoms with Crippen LogP contribution in [-0.4, -0.2) is 0 Å². The zero-order valence-corrected chi connectivity index (χ0v) is 8.99. The molecule has 2 heteroatoms. The fourth-order valence-electron chi connectivity index (χ4n) is 1.16. The van der Waals surface area contributed by atoms with Gasteiger partial charge in [0.05, 0.1) is 0 Å². The Kier molecular flexibility index (Phi) is 2.62. The van der Waals surface area contributed by atoms with Crippen molar-refractivity contribution in [1.29, 1.82) is 0 Å². The lowest BCUT2D eigenvalue weighted by atomic mass is 10.3. The smallest absolute Gasteiger partial charge is 0.0448 e. The Morgan fingerprint density at radius 1 is 1.15 bits per heavy atom. The maximum Gasteiger partial charge on any atom is 0.0448 e. The van der Waals surface area contributed by atoms with Gasteiger partial charge in [-0.2, -0.15) is 0 Å². The Morgan fingerprint density at radius 2 is 2.08 bits per heavy atom. The summed E-state index contributed by atoms with van der Waals surface area (Å²) >= 11 is 3.63. The van der Waals surface area contributed by atoms with E-state index in [-0.39, 0.29) is 0 Å². The molecule has 0 bridgehead atoms. The predicted molar refractivity (Wildman–Crippen MR) is 62.3 cm³/mol. The van der Waals surface area contributed by atoms with E-state index in [1.165, 1.54) is 14.6 Å². The molecule has 0 aromatic carbocycles. The Labute approximate surface area is 86.2 Å². The van der Waals surface area contributed by atoms with Gasteiger partial charge in [-0.15, -0.1) is 22.7 Å². The Morgan fingerprint density at radius 3 is 2.77 bits per heavy atom. The molecule has 0 spiro atoms. The second-order valence-electron chi connectivity index (χ2n) is 2.68. The average Bonchev–Trinajstić information content (AvgIpc) is 2.70. The molecule has 0 radical (unpaired) electrons. The first-order valence-electron chi connectivity index (χ1n) is 4.16. The van der Waals surface area contributed by atoms with Crippen molar-refractivity contribution in [3.63, 3.8) is 0 Å². The summed E-state index contributed by atoms with van der Waals surface area (Å²) in [4.78, 5) is 4.05. The summed E-state index contributed by atoms with van der Waals surface area (Å²) in [5.74, 6) is 0. The van der Waals surface area contributed by atoms with Gasteiger partial charge < -0.3 is 0 Å². The van der Waals surface area contributed by atoms with Gasteiger partial charge in [0, 0.05) is 14.6 Å². The van der Waals surface area contributed by atoms with Crippen molar-refractivity contribution >= 4 is 28.7 Å². The number of hydrogen-bond donors (Lipinski definition) is 0. The van der Waals surface area contributed by atoms with E-state index in [4.69, 9.17) is 0 Å². The van der Waals surface area contributed by atoms with Crippen molar-refractivity contribution in [2.75, 3.05) is 0 Å². The Hall–Kier alpha value is -0.860. The Bertz CT molecular complexity index is 393. The van der Waals surface area contributed by atoms with E-state index >= 15 is 0 Å². The summed E-state index contributed by atoms with van der Waals surface area (Å²) in [6.45, 7) is 2.05. The molecule has 0 aliphatic carbocycles. The zero-order chi connectivity index (χ0) is 9.10. The second kappa shape index (κ2) is 3.90. The first-order chi connectivity index (χ1) is 6.40. The molecule has 13 heavy (non-hydrogen) atoms. The highest BCUT2D eigenvalue weighted by atomic mass is 32.1. The van der Waals surface area contributed by atoms with E-state index in [2.05, 4.69) is 41.8 Å². The minimum Gasteiger partial charge on any atom is -0.143 e. The lowest BCUT2D eigenvalue weighted by molar-refractivity contribution is 1.78. The summed E-state index contributed by atoms with van der Waals surface area (Å²) in [7, 11) is 0. The maximum atomic E-state index is 2.19. The van der Waals surface area contributed by atoms with Gasteiger partial charge in [0.25, 0.3) is 0 Å². The first-order valence-corrected chi connectivity index (χ1v) is 5.86. The summed E-state index contributed by atoms with van der Waals surface area (Å²) in [6.07, 6.45) is 4.21. The number of allylic oxidation sites excluding steroid dienone is 1. The lowest BCUT2D eigenvalue weighted by Crippen LogP contribution is -1.55. The molecule has 2 aromatic heterocycles. The normalized spacial score (nSPS) is 11.2. The van der Waals surface area contributed by atoms with Gasteiger partial charge in [0.2, 0.25) is 0 Å². The van der Waals surface area contributed by atoms with Gasteiger partial charge in [-0.05, 0) is 36.6 Å². The molecular weight excluding hydrogens is 196 g/mol. The molecule has 2 aromatic rings. The topological polar surface area (TPSA) is 0 Å². The minimum atomic E-state index is 1.32. The first kappa shape index (κ1) is 8.73. The highest BCUT2D eigenvalue weighted by Gasteiger charge is 2.00. The summed E-state index contributed by atoms with van der Waals surface area (Å²) in [5.41, 5.74) is 0. The highest BCUT2D eigenvalue weighted by Crippen LogP contribution is 2.31. The molecule has 0 N–H and O–H groups in total. The monoisotopic (exact) mass is 206 g/mol. The minimum absolute atomic E-state index is 1.32. The third kappa shape index (κ3) is 1.90. The average molecular weight is 206 g/mol. The fourth-order valence-corrected chi connectivity index (χ4v) is 2.97. The molecule has 66 valence electrons. The summed E-state index contributed by atoms with van der Waals surface area (Å²) in [6, 6.07) is 8.61. The van der Waals surface area contributed by atoms with E-state index < -0.39 is 0 Å². The third-order valence-corrected chi connectivity index (χ3v) is 3.84. The van der Waals surface area contributed by atoms with E-state index in [0.29, 0.717) is 0 Å². The summed E-state index contributed by atoms with van der Waals surface area (Å²) in [5, 5.41) is 2.12. The van der Waals surface area contributed by atoms with Crippen LogP contribution in [0.4, 0.5) is 0 Å². The molecule has 0 amide bonds. The van der Waals surface area contributed by atoms with E-state index in [0.717, 1.165) is 0 Å². The van der Waals surface area contributed by atoms with Crippen molar-refractivity contribution in [3.8, 4) is 9.75 Å². The molecule has 0 saturated carbocycles. The Balaban J connectivity index is 2.33. The third-order valence-electron chi connectivity index (χ3n) is 1.72. The highest BCUT2D eigenvalue weighted by molar-refractivity contribution is 7.21. The van der Waals surface area contributed by atoms with E-state index in [1.807, 2.05) is 18.3 Å². The molecule has 0 nitrogen and oxygen atoms in total. The van der Waals surface area contributed by atoms with Crippen molar-refractivity contribution in [3.05, 3.63) is 40.6 Å². The molecule has 0 fully saturated rings. The van der Waals surface area contributed by atoms with E-state index in [9.17, 15) is 0 Å². The van der Waals surface area contributed by atoms with Crippen LogP contribution in [0.3, 0.4) is 0 Å². The van der Waals surface area contributed by atoms with Crippen LogP contribution in [-0.2, 0) is 0 Å². The van der Waals surface area contributed by atoms with Gasteiger partial charge in [-0.3, -0.25) is 0 Å². The molecule has 2 heterocycles. The SMILES string of the molecule is CC=Cc1ccc(-c2cccs2)s1. The van der Waals surface area contributed by atoms with Gasteiger partial charge in [-0.1, -0.05) is 12.1 Å². The number of thiophene rings is 2. The maximum absolute atomic E-state index is 2.19. The van der Waals surface area contributed by atoms with Crippen LogP contribution < -0.4 is 0 Å². The van der Waals surface area contributed by atoms with Crippen molar-refractivity contribution in [1.82, 2.24) is 0 Å². The van der Waals surface area contributed by atoms with Crippen LogP contribution in [0.2, 0.25) is 0 Å². The molecule has 0 unspecified atom stereocenters. The van der Waals surface area contributed by atoms with Crippen LogP contribution >= 0.6 is 22.7 Å². The largest absolute Gasteiger partial charge is 0.143 e. The van der Waals surface area contributed by atoms with Crippen LogP contribution in [0.15, 0.2) is 35.7 Å². The molecule has 0 aliphatic heterocycles. The molecule has 0 aliphatic rings. The molecular formula is C11H10S2. The zero-order valence-electron chi connectivity index (χ0n) is 7.36. The van der Waals surface area contributed by atoms with Gasteiger partial charge in [0.15, 0.2) is 0 Å². The predicted octanol–water partition coefficient (Wildman–Crippen LogP) is 4.51. The lowest BCUT2D eigenvalue weighted by Gasteiger charge is -1.86. The van der Waals surface area contributed by atoms with Gasteiger partial charge >= 0.3 is 0 Å². The summed E-state index contributed by atoms with van der Waals surface area (Å²) < 4.78 is 0. The quantitative estimate of drug-likeness (QED) is 0.678. The molecule has 0 saturated heterocycles. The van der Waals surface area contributed by atoms with E-state index in [1.54, 1.807) is 11.3 Å². The van der Waals surface area contributed by atoms with Crippen LogP contribution in [0.25, 0.3) is 15.8 Å². The van der Waals surface area contributed by atoms with Gasteiger partial charge in [-0.25, -0.2) is 0 Å². The van der Waals surface area contributed by atoms with Crippen LogP contribution in [0.5, 0.6) is 0 Å². The second-order valence-corrected chi connectivity index (χ2v) is 4.74. The van der Waals surface area contributed by atoms with Gasteiger partial charge in [0.1, 0.15) is 0 Å². The number of rotatable bonds is 2. The molecule has 2 rings (SSSR count). The number of hydrogen-bond acceptors (Lipinski definition) is 2.